The first kappa shape index (κ1) is 17.0. The average molecular weight is 339 g/mol. The zero-order chi connectivity index (χ0) is 18.1. The van der Waals surface area contributed by atoms with Gasteiger partial charge in [0.1, 0.15) is 0 Å². The molecule has 0 unspecified atom stereocenters. The van der Waals surface area contributed by atoms with E-state index in [1.54, 1.807) is 25.2 Å². The van der Waals surface area contributed by atoms with Gasteiger partial charge >= 0.3 is 0 Å². The Bertz CT molecular complexity index is 880. The van der Waals surface area contributed by atoms with Gasteiger partial charge in [0.05, 0.1) is 12.2 Å². The first-order valence-electron chi connectivity index (χ1n) is 8.10. The Hall–Kier alpha value is -2.86. The summed E-state index contributed by atoms with van der Waals surface area (Å²) in [7, 11) is 1.63. The minimum Gasteiger partial charge on any atom is -0.395 e. The smallest absolute Gasteiger partial charge is 0.256 e. The molecule has 0 radical (unpaired) electrons. The number of aromatic nitrogens is 1. The van der Waals surface area contributed by atoms with Gasteiger partial charge in [-0.25, -0.2) is 0 Å². The third-order valence-corrected chi connectivity index (χ3v) is 4.31. The largest absolute Gasteiger partial charge is 0.395 e. The lowest BCUT2D eigenvalue weighted by Gasteiger charge is -2.16. The molecule has 0 fully saturated rings. The first-order chi connectivity index (χ1) is 11.9. The van der Waals surface area contributed by atoms with Crippen LogP contribution in [0.15, 0.2) is 24.3 Å². The van der Waals surface area contributed by atoms with Gasteiger partial charge in [-0.3, -0.25) is 9.59 Å². The molecule has 2 amide bonds. The number of amides is 2. The number of likely N-dealkylation sites (N-methyl/N-ethyl adjacent to an activating group) is 1. The quantitative estimate of drug-likeness (QED) is 0.747. The number of anilines is 1. The van der Waals surface area contributed by atoms with Crippen molar-refractivity contribution in [3.63, 3.8) is 0 Å². The number of nitrogens with zero attached hydrogens (tertiary/aromatic N) is 1. The highest BCUT2D eigenvalue weighted by Crippen LogP contribution is 2.34. The third-order valence-electron chi connectivity index (χ3n) is 4.31. The molecule has 1 aromatic heterocycles. The second-order valence-electron chi connectivity index (χ2n) is 6.27. The number of aromatic amines is 1. The number of H-pyrrole nitrogens is 1. The van der Waals surface area contributed by atoms with E-state index < -0.39 is 0 Å². The molecule has 0 aliphatic carbocycles. The van der Waals surface area contributed by atoms with Crippen molar-refractivity contribution in [3.8, 4) is 0 Å². The molecule has 130 valence electrons. The van der Waals surface area contributed by atoms with Crippen molar-refractivity contribution >= 4 is 29.2 Å². The Morgan fingerprint density at radius 2 is 2.04 bits per heavy atom. The molecule has 25 heavy (non-hydrogen) atoms. The molecule has 1 aliphatic rings. The van der Waals surface area contributed by atoms with Crippen LogP contribution in [0, 0.1) is 13.8 Å². The molecule has 1 aromatic carbocycles. The van der Waals surface area contributed by atoms with E-state index in [2.05, 4.69) is 10.3 Å². The minimum absolute atomic E-state index is 0.0916. The number of rotatable bonds is 4. The van der Waals surface area contributed by atoms with Crippen molar-refractivity contribution in [2.45, 2.75) is 13.8 Å². The van der Waals surface area contributed by atoms with E-state index in [1.165, 1.54) is 4.90 Å². The van der Waals surface area contributed by atoms with Gasteiger partial charge in [-0.15, -0.1) is 0 Å². The number of carbonyl (C=O) groups is 2. The van der Waals surface area contributed by atoms with Crippen LogP contribution in [0.5, 0.6) is 0 Å². The fourth-order valence-corrected chi connectivity index (χ4v) is 2.99. The van der Waals surface area contributed by atoms with E-state index in [0.717, 1.165) is 22.5 Å². The van der Waals surface area contributed by atoms with E-state index in [4.69, 9.17) is 5.11 Å². The van der Waals surface area contributed by atoms with Crippen LogP contribution in [0.4, 0.5) is 5.69 Å². The van der Waals surface area contributed by atoms with Gasteiger partial charge in [0, 0.05) is 41.8 Å². The number of benzene rings is 1. The van der Waals surface area contributed by atoms with Crippen molar-refractivity contribution in [3.05, 3.63) is 52.3 Å². The van der Waals surface area contributed by atoms with Crippen LogP contribution < -0.4 is 5.32 Å². The maximum atomic E-state index is 12.3. The highest BCUT2D eigenvalue weighted by molar-refractivity contribution is 6.35. The highest BCUT2D eigenvalue weighted by atomic mass is 16.3. The van der Waals surface area contributed by atoms with Gasteiger partial charge in [-0.2, -0.15) is 0 Å². The lowest BCUT2D eigenvalue weighted by atomic mass is 10.0. The number of carbonyl (C=O) groups excluding carboxylic acids is 2. The molecule has 0 atom stereocenters. The third kappa shape index (κ3) is 3.21. The molecule has 3 rings (SSSR count). The standard InChI is InChI=1S/C19H21N3O3/c1-11-8-12(2)20-16(11)10-15-14-5-4-13(9-17(14)21-18(15)24)19(25)22(3)6-7-23/h4-5,8-10,20,23H,6-7H2,1-3H3,(H,21,24)/b15-10-. The van der Waals surface area contributed by atoms with E-state index in [-0.39, 0.29) is 25.0 Å². The molecule has 0 saturated heterocycles. The van der Waals surface area contributed by atoms with Crippen LogP contribution in [-0.2, 0) is 4.79 Å². The van der Waals surface area contributed by atoms with E-state index >= 15 is 0 Å². The lowest BCUT2D eigenvalue weighted by molar-refractivity contribution is -0.110. The zero-order valence-corrected chi connectivity index (χ0v) is 14.5. The van der Waals surface area contributed by atoms with Gasteiger partial charge in [-0.1, -0.05) is 6.07 Å². The van der Waals surface area contributed by atoms with Gasteiger partial charge in [0.15, 0.2) is 0 Å². The average Bonchev–Trinajstić information content (AvgIpc) is 3.05. The zero-order valence-electron chi connectivity index (χ0n) is 14.5. The number of hydrogen-bond donors (Lipinski definition) is 3. The molecular formula is C19H21N3O3. The Morgan fingerprint density at radius 1 is 1.28 bits per heavy atom. The molecule has 3 N–H and O–H groups in total. The maximum Gasteiger partial charge on any atom is 0.256 e. The SMILES string of the molecule is Cc1cc(C)c(/C=C2\C(=O)Nc3cc(C(=O)N(C)CCO)ccc32)[nH]1. The summed E-state index contributed by atoms with van der Waals surface area (Å²) in [6.45, 7) is 4.13. The van der Waals surface area contributed by atoms with Crippen LogP contribution in [0.2, 0.25) is 0 Å². The van der Waals surface area contributed by atoms with Crippen molar-refractivity contribution in [2.24, 2.45) is 0 Å². The normalized spacial score (nSPS) is 14.6. The Morgan fingerprint density at radius 3 is 2.68 bits per heavy atom. The molecule has 0 bridgehead atoms. The van der Waals surface area contributed by atoms with Gasteiger partial charge in [-0.05, 0) is 43.7 Å². The predicted octanol–water partition coefficient (Wildman–Crippen LogP) is 2.19. The van der Waals surface area contributed by atoms with E-state index in [1.807, 2.05) is 26.0 Å². The van der Waals surface area contributed by atoms with Crippen molar-refractivity contribution in [2.75, 3.05) is 25.5 Å². The van der Waals surface area contributed by atoms with Gasteiger partial charge in [0.25, 0.3) is 11.8 Å². The van der Waals surface area contributed by atoms with E-state index in [9.17, 15) is 9.59 Å². The number of hydrogen-bond acceptors (Lipinski definition) is 3. The number of aliphatic hydroxyl groups excluding tert-OH is 1. The molecular weight excluding hydrogens is 318 g/mol. The maximum absolute atomic E-state index is 12.3. The summed E-state index contributed by atoms with van der Waals surface area (Å²) in [6.07, 6.45) is 1.84. The molecule has 2 heterocycles. The minimum atomic E-state index is -0.195. The summed E-state index contributed by atoms with van der Waals surface area (Å²) in [6, 6.07) is 7.19. The van der Waals surface area contributed by atoms with Gasteiger partial charge in [0.2, 0.25) is 0 Å². The summed E-state index contributed by atoms with van der Waals surface area (Å²) in [5.74, 6) is -0.380. The molecule has 1 aliphatic heterocycles. The van der Waals surface area contributed by atoms with Gasteiger partial charge < -0.3 is 20.3 Å². The monoisotopic (exact) mass is 339 g/mol. The molecule has 2 aromatic rings. The van der Waals surface area contributed by atoms with Crippen LogP contribution in [0.25, 0.3) is 11.6 Å². The fraction of sp³-hybridized carbons (Fsp3) is 0.263. The van der Waals surface area contributed by atoms with Crippen molar-refractivity contribution in [1.82, 2.24) is 9.88 Å². The van der Waals surface area contributed by atoms with Crippen LogP contribution in [-0.4, -0.2) is 47.0 Å². The second-order valence-corrected chi connectivity index (χ2v) is 6.27. The Balaban J connectivity index is 1.95. The number of aliphatic hydroxyl groups is 1. The second kappa shape index (κ2) is 6.57. The van der Waals surface area contributed by atoms with Crippen LogP contribution in [0.1, 0.15) is 32.9 Å². The van der Waals surface area contributed by atoms with Crippen LogP contribution >= 0.6 is 0 Å². The summed E-state index contributed by atoms with van der Waals surface area (Å²) < 4.78 is 0. The predicted molar refractivity (Wildman–Crippen MR) is 97.3 cm³/mol. The summed E-state index contributed by atoms with van der Waals surface area (Å²) in [5, 5.41) is 11.8. The molecule has 6 nitrogen and oxygen atoms in total. The fourth-order valence-electron chi connectivity index (χ4n) is 2.99. The molecule has 6 heteroatoms. The summed E-state index contributed by atoms with van der Waals surface area (Å²) in [4.78, 5) is 29.4. The molecule has 0 saturated carbocycles. The van der Waals surface area contributed by atoms with Crippen molar-refractivity contribution < 1.29 is 14.7 Å². The topological polar surface area (TPSA) is 85.4 Å². The highest BCUT2D eigenvalue weighted by Gasteiger charge is 2.26. The number of nitrogens with one attached hydrogen (secondary N) is 2. The Kier molecular flexibility index (Phi) is 4.46. The van der Waals surface area contributed by atoms with Crippen LogP contribution in [0.3, 0.4) is 0 Å². The van der Waals surface area contributed by atoms with E-state index in [0.29, 0.717) is 16.8 Å². The Labute approximate surface area is 146 Å². The summed E-state index contributed by atoms with van der Waals surface area (Å²) >= 11 is 0. The molecule has 0 spiro atoms. The first-order valence-corrected chi connectivity index (χ1v) is 8.10. The summed E-state index contributed by atoms with van der Waals surface area (Å²) in [5.41, 5.74) is 5.46. The lowest BCUT2D eigenvalue weighted by Crippen LogP contribution is -2.29. The number of fused-ring (bicyclic) bond motifs is 1. The van der Waals surface area contributed by atoms with Crippen molar-refractivity contribution in [1.29, 1.82) is 0 Å². The number of aryl methyl sites for hydroxylation is 2.